The van der Waals surface area contributed by atoms with Gasteiger partial charge in [-0.2, -0.15) is 0 Å². The summed E-state index contributed by atoms with van der Waals surface area (Å²) < 4.78 is 34.3. The average Bonchev–Trinajstić information content (AvgIpc) is 3.18. The first-order valence-electron chi connectivity index (χ1n) is 12.8. The lowest BCUT2D eigenvalue weighted by atomic mass is 9.89. The molecule has 40 heavy (non-hydrogen) atoms. The number of aliphatic hydroxyl groups excluding tert-OH is 5. The lowest BCUT2D eigenvalue weighted by Gasteiger charge is -2.45. The minimum absolute atomic E-state index is 0.0634. The van der Waals surface area contributed by atoms with Gasteiger partial charge in [-0.3, -0.25) is 4.79 Å². The van der Waals surface area contributed by atoms with Crippen molar-refractivity contribution in [3.8, 4) is 11.5 Å². The van der Waals surface area contributed by atoms with E-state index in [-0.39, 0.29) is 34.3 Å². The van der Waals surface area contributed by atoms with Crippen molar-refractivity contribution in [1.29, 1.82) is 0 Å². The third-order valence-corrected chi connectivity index (χ3v) is 7.67. The molecule has 1 aromatic carbocycles. The van der Waals surface area contributed by atoms with Crippen molar-refractivity contribution < 1.29 is 63.8 Å². The highest BCUT2D eigenvalue weighted by Crippen LogP contribution is 2.45. The van der Waals surface area contributed by atoms with Crippen molar-refractivity contribution in [3.63, 3.8) is 0 Å². The van der Waals surface area contributed by atoms with Crippen LogP contribution < -0.4 is 10.2 Å². The third kappa shape index (κ3) is 4.98. The van der Waals surface area contributed by atoms with Crippen LogP contribution in [0.25, 0.3) is 11.0 Å². The highest BCUT2D eigenvalue weighted by Gasteiger charge is 2.51. The minimum Gasteiger partial charge on any atom is -0.504 e. The molecule has 9 atom stereocenters. The summed E-state index contributed by atoms with van der Waals surface area (Å²) in [6.07, 6.45) is -11.5. The maximum Gasteiger partial charge on any atom is 0.193 e. The zero-order valence-electron chi connectivity index (χ0n) is 22.1. The normalized spacial score (nSPS) is 37.3. The molecule has 4 heterocycles. The minimum atomic E-state index is -1.92. The van der Waals surface area contributed by atoms with E-state index in [4.69, 9.17) is 28.1 Å². The molecular formula is C26H34O14. The van der Waals surface area contributed by atoms with Crippen LogP contribution in [-0.2, 0) is 25.4 Å². The molecule has 1 aromatic heterocycles. The van der Waals surface area contributed by atoms with E-state index in [2.05, 4.69) is 0 Å². The molecule has 222 valence electrons. The molecule has 5 rings (SSSR count). The number of hydrogen-bond donors (Lipinski definition) is 7. The number of aryl methyl sites for hydroxylation is 1. The molecule has 0 saturated carbocycles. The summed E-state index contributed by atoms with van der Waals surface area (Å²) in [5.41, 5.74) is -2.79. The fourth-order valence-corrected chi connectivity index (χ4v) is 5.16. The number of benzene rings is 1. The third-order valence-electron chi connectivity index (χ3n) is 7.67. The molecule has 0 bridgehead atoms. The van der Waals surface area contributed by atoms with E-state index >= 15 is 0 Å². The molecule has 0 aliphatic carbocycles. The monoisotopic (exact) mass is 570 g/mol. The predicted molar refractivity (Wildman–Crippen MR) is 133 cm³/mol. The van der Waals surface area contributed by atoms with Crippen molar-refractivity contribution in [2.75, 3.05) is 19.8 Å². The van der Waals surface area contributed by atoms with Crippen molar-refractivity contribution in [3.05, 3.63) is 33.7 Å². The first-order valence-corrected chi connectivity index (χ1v) is 12.8. The van der Waals surface area contributed by atoms with Gasteiger partial charge >= 0.3 is 0 Å². The standard InChI is InChI=1S/C26H34O14/c1-10-4-13(28)11-5-14(29)21-12(20(11)37-10)6-16(25(2,3)40-21)39-23-19(32)18(31)17(30)15(38-23)7-35-24-22(33)26(34,8-27)9-36-24/h4-5,15-19,22-24,27,29-34H,6-9H2,1-3H3. The van der Waals surface area contributed by atoms with Crippen molar-refractivity contribution in [2.24, 2.45) is 0 Å². The van der Waals surface area contributed by atoms with Gasteiger partial charge in [0, 0.05) is 18.1 Å². The molecule has 3 aliphatic rings. The summed E-state index contributed by atoms with van der Waals surface area (Å²) in [5.74, 6) is 0.225. The number of hydrogen-bond acceptors (Lipinski definition) is 14. The first-order chi connectivity index (χ1) is 18.8. The van der Waals surface area contributed by atoms with E-state index in [0.717, 1.165) is 0 Å². The predicted octanol–water partition coefficient (Wildman–Crippen LogP) is -1.83. The number of aromatic hydroxyl groups is 1. The first kappa shape index (κ1) is 29.1. The highest BCUT2D eigenvalue weighted by molar-refractivity contribution is 5.85. The number of phenols is 1. The van der Waals surface area contributed by atoms with Gasteiger partial charge in [0.1, 0.15) is 59.2 Å². The molecule has 0 radical (unpaired) electrons. The molecule has 0 amide bonds. The van der Waals surface area contributed by atoms with Gasteiger partial charge in [-0.05, 0) is 26.8 Å². The fourth-order valence-electron chi connectivity index (χ4n) is 5.16. The van der Waals surface area contributed by atoms with Gasteiger partial charge < -0.3 is 63.8 Å². The van der Waals surface area contributed by atoms with Gasteiger partial charge in [0.2, 0.25) is 0 Å². The van der Waals surface area contributed by atoms with E-state index < -0.39 is 80.2 Å². The van der Waals surface area contributed by atoms with Crippen LogP contribution >= 0.6 is 0 Å². The summed E-state index contributed by atoms with van der Waals surface area (Å²) in [4.78, 5) is 12.5. The highest BCUT2D eigenvalue weighted by atomic mass is 16.7. The number of ether oxygens (including phenoxy) is 5. The van der Waals surface area contributed by atoms with Crippen molar-refractivity contribution in [1.82, 2.24) is 0 Å². The zero-order valence-corrected chi connectivity index (χ0v) is 22.1. The lowest BCUT2D eigenvalue weighted by Crippen LogP contribution is -2.62. The second kappa shape index (κ2) is 10.5. The second-order valence-corrected chi connectivity index (χ2v) is 11.1. The van der Waals surface area contributed by atoms with E-state index in [0.29, 0.717) is 11.3 Å². The molecule has 3 aliphatic heterocycles. The van der Waals surface area contributed by atoms with Gasteiger partial charge in [0.15, 0.2) is 29.5 Å². The lowest BCUT2D eigenvalue weighted by molar-refractivity contribution is -0.327. The van der Waals surface area contributed by atoms with Crippen LogP contribution in [0.5, 0.6) is 11.5 Å². The fraction of sp³-hybridized carbons (Fsp3) is 0.654. The number of rotatable bonds is 6. The Bertz CT molecular complexity index is 1310. The van der Waals surface area contributed by atoms with Crippen LogP contribution in [0.15, 0.2) is 21.3 Å². The van der Waals surface area contributed by atoms with E-state index in [1.165, 1.54) is 12.1 Å². The van der Waals surface area contributed by atoms with Gasteiger partial charge in [-0.25, -0.2) is 0 Å². The number of fused-ring (bicyclic) bond motifs is 3. The van der Waals surface area contributed by atoms with Crippen LogP contribution in [0, 0.1) is 6.92 Å². The summed E-state index contributed by atoms with van der Waals surface area (Å²) >= 11 is 0. The molecule has 14 nitrogen and oxygen atoms in total. The Morgan fingerprint density at radius 2 is 1.80 bits per heavy atom. The second-order valence-electron chi connectivity index (χ2n) is 11.1. The van der Waals surface area contributed by atoms with Crippen molar-refractivity contribution in [2.45, 2.75) is 87.6 Å². The number of phenolic OH excluding ortho intramolecular Hbond substituents is 1. The molecule has 14 heteroatoms. The average molecular weight is 571 g/mol. The summed E-state index contributed by atoms with van der Waals surface area (Å²) in [6.45, 7) is 3.37. The Hall–Kier alpha value is -2.37. The summed E-state index contributed by atoms with van der Waals surface area (Å²) in [6, 6.07) is 2.58. The molecule has 2 fully saturated rings. The van der Waals surface area contributed by atoms with Crippen LogP contribution in [0.1, 0.15) is 25.2 Å². The molecule has 2 aromatic rings. The summed E-state index contributed by atoms with van der Waals surface area (Å²) in [5, 5.41) is 72.1. The topological polar surface area (TPSA) is 218 Å². The molecule has 7 N–H and O–H groups in total. The van der Waals surface area contributed by atoms with Crippen LogP contribution in [-0.4, -0.2) is 116 Å². The molecular weight excluding hydrogens is 536 g/mol. The van der Waals surface area contributed by atoms with E-state index in [9.17, 15) is 40.5 Å². The van der Waals surface area contributed by atoms with Crippen LogP contribution in [0.2, 0.25) is 0 Å². The quantitative estimate of drug-likeness (QED) is 0.203. The number of aliphatic hydroxyl groups is 6. The summed E-state index contributed by atoms with van der Waals surface area (Å²) in [7, 11) is 0. The van der Waals surface area contributed by atoms with Gasteiger partial charge in [-0.15, -0.1) is 0 Å². The Morgan fingerprint density at radius 1 is 1.07 bits per heavy atom. The Balaban J connectivity index is 1.36. The van der Waals surface area contributed by atoms with Gasteiger partial charge in [-0.1, -0.05) is 0 Å². The molecule has 0 spiro atoms. The van der Waals surface area contributed by atoms with E-state index in [1.807, 2.05) is 0 Å². The van der Waals surface area contributed by atoms with Gasteiger partial charge in [0.05, 0.1) is 25.2 Å². The Morgan fingerprint density at radius 3 is 2.48 bits per heavy atom. The smallest absolute Gasteiger partial charge is 0.193 e. The Labute approximate surface area is 227 Å². The Kier molecular flexibility index (Phi) is 7.63. The SMILES string of the molecule is Cc1cc(=O)c2cc(O)c3c(c2o1)CC(OC1OC(COC2OCC(O)(CO)C2O)C(O)C(O)C1O)C(C)(C)O3. The van der Waals surface area contributed by atoms with Crippen LogP contribution in [0.4, 0.5) is 0 Å². The van der Waals surface area contributed by atoms with Crippen LogP contribution in [0.3, 0.4) is 0 Å². The largest absolute Gasteiger partial charge is 0.504 e. The molecule has 9 unspecified atom stereocenters. The molecule has 2 saturated heterocycles. The maximum absolute atomic E-state index is 12.5. The maximum atomic E-state index is 12.5. The van der Waals surface area contributed by atoms with Gasteiger partial charge in [0.25, 0.3) is 0 Å². The van der Waals surface area contributed by atoms with E-state index in [1.54, 1.807) is 20.8 Å². The van der Waals surface area contributed by atoms with Crippen molar-refractivity contribution >= 4 is 11.0 Å². The zero-order chi connectivity index (χ0) is 29.1.